The molecule has 0 bridgehead atoms. The Balaban J connectivity index is 1.34. The molecule has 0 atom stereocenters. The van der Waals surface area contributed by atoms with Crippen LogP contribution in [0.15, 0.2) is 45.9 Å². The summed E-state index contributed by atoms with van der Waals surface area (Å²) in [6.07, 6.45) is 4.53. The second-order valence-electron chi connectivity index (χ2n) is 6.91. The lowest BCUT2D eigenvalue weighted by molar-refractivity contribution is -0.130. The van der Waals surface area contributed by atoms with Gasteiger partial charge >= 0.3 is 0 Å². The van der Waals surface area contributed by atoms with E-state index in [2.05, 4.69) is 15.1 Å². The maximum Gasteiger partial charge on any atom is 0.259 e. The zero-order chi connectivity index (χ0) is 18.9. The van der Waals surface area contributed by atoms with E-state index in [0.29, 0.717) is 24.7 Å². The lowest BCUT2D eigenvalue weighted by atomic mass is 10.2. The van der Waals surface area contributed by atoms with Crippen molar-refractivity contribution in [2.45, 2.75) is 25.8 Å². The van der Waals surface area contributed by atoms with Crippen molar-refractivity contribution >= 4 is 28.3 Å². The second kappa shape index (κ2) is 7.20. The number of rotatable bonds is 5. The van der Waals surface area contributed by atoms with Crippen molar-refractivity contribution in [3.8, 4) is 22.8 Å². The van der Waals surface area contributed by atoms with Crippen LogP contribution in [0.2, 0.25) is 0 Å². The van der Waals surface area contributed by atoms with Gasteiger partial charge in [-0.15, -0.1) is 0 Å². The van der Waals surface area contributed by atoms with Gasteiger partial charge in [0.25, 0.3) is 5.89 Å². The second-order valence-corrected chi connectivity index (χ2v) is 7.69. The summed E-state index contributed by atoms with van der Waals surface area (Å²) in [5.74, 6) is 1.29. The molecule has 1 aliphatic rings. The molecule has 5 rings (SSSR count). The van der Waals surface area contributed by atoms with Gasteiger partial charge in [-0.05, 0) is 42.5 Å². The minimum atomic E-state index is 0.226. The lowest BCUT2D eigenvalue weighted by Crippen LogP contribution is -2.28. The number of nitrogens with zero attached hydrogens (tertiary/aromatic N) is 5. The number of hydrogen-bond acceptors (Lipinski definition) is 6. The predicted octanol–water partition coefficient (Wildman–Crippen LogP) is 3.83. The van der Waals surface area contributed by atoms with Gasteiger partial charge in [-0.25, -0.2) is 4.98 Å². The predicted molar refractivity (Wildman–Crippen MR) is 107 cm³/mol. The Morgan fingerprint density at radius 2 is 2.07 bits per heavy atom. The summed E-state index contributed by atoms with van der Waals surface area (Å²) in [4.78, 5) is 23.2. The van der Waals surface area contributed by atoms with Crippen LogP contribution in [0.5, 0.6) is 0 Å². The third-order valence-electron chi connectivity index (χ3n) is 5.10. The third-order valence-corrected chi connectivity index (χ3v) is 5.78. The Bertz CT molecular complexity index is 1110. The molecule has 8 heteroatoms. The number of imidazole rings is 1. The fourth-order valence-corrected chi connectivity index (χ4v) is 4.20. The number of amides is 1. The number of carbonyl (C=O) groups excluding carboxylic acids is 1. The van der Waals surface area contributed by atoms with E-state index in [9.17, 15) is 4.79 Å². The number of hydrogen-bond donors (Lipinski definition) is 0. The topological polar surface area (TPSA) is 77.0 Å². The zero-order valence-corrected chi connectivity index (χ0v) is 16.1. The Hall–Kier alpha value is -3.00. The quantitative estimate of drug-likeness (QED) is 0.515. The monoisotopic (exact) mass is 393 g/mol. The van der Waals surface area contributed by atoms with Crippen LogP contribution >= 0.6 is 11.3 Å². The van der Waals surface area contributed by atoms with E-state index >= 15 is 0 Å². The van der Waals surface area contributed by atoms with E-state index in [1.54, 1.807) is 17.7 Å². The normalized spacial score (nSPS) is 14.2. The average Bonchev–Trinajstić information content (AvgIpc) is 3.51. The molecule has 1 fully saturated rings. The number of carbonyl (C=O) groups is 1. The number of fused-ring (bicyclic) bond motifs is 1. The first-order valence-electron chi connectivity index (χ1n) is 9.37. The van der Waals surface area contributed by atoms with Crippen molar-refractivity contribution < 1.29 is 9.32 Å². The third kappa shape index (κ3) is 3.20. The molecule has 0 saturated carbocycles. The van der Waals surface area contributed by atoms with E-state index in [4.69, 9.17) is 4.52 Å². The molecular formula is C20H19N5O2S. The largest absolute Gasteiger partial charge is 0.343 e. The van der Waals surface area contributed by atoms with Gasteiger partial charge < -0.3 is 14.0 Å². The summed E-state index contributed by atoms with van der Waals surface area (Å²) >= 11 is 1.59. The van der Waals surface area contributed by atoms with Crippen LogP contribution in [0, 0.1) is 0 Å². The van der Waals surface area contributed by atoms with Gasteiger partial charge in [0, 0.05) is 37.0 Å². The van der Waals surface area contributed by atoms with E-state index < -0.39 is 0 Å². The van der Waals surface area contributed by atoms with E-state index in [-0.39, 0.29) is 5.91 Å². The van der Waals surface area contributed by atoms with Gasteiger partial charge in [0.05, 0.1) is 22.9 Å². The first kappa shape index (κ1) is 17.1. The minimum Gasteiger partial charge on any atom is -0.343 e. The fraction of sp³-hybridized carbons (Fsp3) is 0.300. The van der Waals surface area contributed by atoms with Crippen molar-refractivity contribution in [2.24, 2.45) is 0 Å². The summed E-state index contributed by atoms with van der Waals surface area (Å²) in [6.45, 7) is 2.42. The van der Waals surface area contributed by atoms with Gasteiger partial charge in [-0.3, -0.25) is 4.79 Å². The van der Waals surface area contributed by atoms with Crippen LogP contribution in [0.3, 0.4) is 0 Å². The van der Waals surface area contributed by atoms with Gasteiger partial charge in [0.15, 0.2) is 0 Å². The molecule has 1 amide bonds. The number of thiophene rings is 1. The highest BCUT2D eigenvalue weighted by molar-refractivity contribution is 7.08. The van der Waals surface area contributed by atoms with Crippen LogP contribution < -0.4 is 0 Å². The van der Waals surface area contributed by atoms with E-state index in [0.717, 1.165) is 48.1 Å². The van der Waals surface area contributed by atoms with Gasteiger partial charge in [0.2, 0.25) is 11.7 Å². The Kier molecular flexibility index (Phi) is 4.40. The molecule has 4 heterocycles. The molecule has 0 unspecified atom stereocenters. The number of aromatic nitrogens is 4. The molecule has 0 aliphatic carbocycles. The summed E-state index contributed by atoms with van der Waals surface area (Å²) in [6, 6.07) is 7.87. The Labute approximate surface area is 165 Å². The first-order chi connectivity index (χ1) is 13.8. The first-order valence-corrected chi connectivity index (χ1v) is 10.3. The number of aryl methyl sites for hydroxylation is 1. The smallest absolute Gasteiger partial charge is 0.259 e. The molecule has 1 saturated heterocycles. The van der Waals surface area contributed by atoms with Crippen LogP contribution in [0.1, 0.15) is 19.3 Å². The summed E-state index contributed by atoms with van der Waals surface area (Å²) in [5.41, 5.74) is 3.64. The Morgan fingerprint density at radius 3 is 2.89 bits per heavy atom. The van der Waals surface area contributed by atoms with Gasteiger partial charge in [-0.2, -0.15) is 16.3 Å². The molecule has 0 spiro atoms. The number of benzene rings is 1. The van der Waals surface area contributed by atoms with Crippen LogP contribution in [0.25, 0.3) is 33.9 Å². The zero-order valence-electron chi connectivity index (χ0n) is 15.2. The standard InChI is InChI=1S/C20H19N5O2S/c26-18(24-7-1-2-8-24)5-9-25-13-21-16-11-14(3-4-17(16)25)19-22-20(27-23-19)15-6-10-28-12-15/h3-4,6,10-13H,1-2,5,7-9H2. The van der Waals surface area contributed by atoms with Crippen molar-refractivity contribution in [3.05, 3.63) is 41.4 Å². The van der Waals surface area contributed by atoms with Crippen LogP contribution in [0.4, 0.5) is 0 Å². The number of likely N-dealkylation sites (tertiary alicyclic amines) is 1. The summed E-state index contributed by atoms with van der Waals surface area (Å²) < 4.78 is 7.40. The summed E-state index contributed by atoms with van der Waals surface area (Å²) in [7, 11) is 0. The molecule has 28 heavy (non-hydrogen) atoms. The highest BCUT2D eigenvalue weighted by atomic mass is 32.1. The lowest BCUT2D eigenvalue weighted by Gasteiger charge is -2.15. The maximum absolute atomic E-state index is 12.3. The molecule has 0 radical (unpaired) electrons. The molecule has 1 aromatic carbocycles. The SMILES string of the molecule is O=C(CCn1cnc2cc(-c3noc(-c4ccsc4)n3)ccc21)N1CCCC1. The van der Waals surface area contributed by atoms with Crippen molar-refractivity contribution in [2.75, 3.05) is 13.1 Å². The Morgan fingerprint density at radius 1 is 1.18 bits per heavy atom. The maximum atomic E-state index is 12.3. The van der Waals surface area contributed by atoms with Crippen molar-refractivity contribution in [1.29, 1.82) is 0 Å². The molecule has 0 N–H and O–H groups in total. The average molecular weight is 393 g/mol. The van der Waals surface area contributed by atoms with E-state index in [1.807, 2.05) is 44.5 Å². The molecular weight excluding hydrogens is 374 g/mol. The van der Waals surface area contributed by atoms with Crippen LogP contribution in [-0.2, 0) is 11.3 Å². The highest BCUT2D eigenvalue weighted by Crippen LogP contribution is 2.26. The van der Waals surface area contributed by atoms with Crippen molar-refractivity contribution in [1.82, 2.24) is 24.6 Å². The van der Waals surface area contributed by atoms with Gasteiger partial charge in [-0.1, -0.05) is 5.16 Å². The van der Waals surface area contributed by atoms with Crippen LogP contribution in [-0.4, -0.2) is 43.6 Å². The molecule has 1 aliphatic heterocycles. The van der Waals surface area contributed by atoms with Crippen molar-refractivity contribution in [3.63, 3.8) is 0 Å². The fourth-order valence-electron chi connectivity index (χ4n) is 3.57. The minimum absolute atomic E-state index is 0.226. The molecule has 142 valence electrons. The van der Waals surface area contributed by atoms with E-state index in [1.165, 1.54) is 0 Å². The molecule has 7 nitrogen and oxygen atoms in total. The molecule has 3 aromatic heterocycles. The molecule has 4 aromatic rings. The highest BCUT2D eigenvalue weighted by Gasteiger charge is 2.18. The summed E-state index contributed by atoms with van der Waals surface area (Å²) in [5, 5.41) is 8.05. The van der Waals surface area contributed by atoms with Gasteiger partial charge in [0.1, 0.15) is 0 Å².